The lowest BCUT2D eigenvalue weighted by Gasteiger charge is -2.31. The lowest BCUT2D eigenvalue weighted by Crippen LogP contribution is -2.35. The molecule has 1 nitrogen and oxygen atoms in total. The van der Waals surface area contributed by atoms with E-state index in [0.29, 0.717) is 11.6 Å². The van der Waals surface area contributed by atoms with Crippen LogP contribution in [-0.2, 0) is 0 Å². The van der Waals surface area contributed by atoms with E-state index in [0.717, 1.165) is 11.3 Å². The van der Waals surface area contributed by atoms with Crippen LogP contribution in [0.5, 0.6) is 5.75 Å². The molecule has 0 heterocycles. The Morgan fingerprint density at radius 2 is 1.67 bits per heavy atom. The smallest absolute Gasteiger partial charge is 0.138 e. The highest BCUT2D eigenvalue weighted by atomic mass is 28.3. The van der Waals surface area contributed by atoms with E-state index in [1.165, 1.54) is 0 Å². The first-order valence-corrected chi connectivity index (χ1v) is 9.52. The highest BCUT2D eigenvalue weighted by molar-refractivity contribution is 6.87. The molecule has 0 N–H and O–H groups in total. The first kappa shape index (κ1) is 14.9. The van der Waals surface area contributed by atoms with Gasteiger partial charge in [0.05, 0.1) is 6.61 Å². The van der Waals surface area contributed by atoms with E-state index in [1.54, 1.807) is 0 Å². The van der Waals surface area contributed by atoms with Crippen molar-refractivity contribution < 1.29 is 4.74 Å². The maximum absolute atomic E-state index is 5.42. The molecule has 0 aliphatic heterocycles. The molecule has 0 amide bonds. The minimum Gasteiger partial charge on any atom is -0.494 e. The molecule has 0 saturated heterocycles. The van der Waals surface area contributed by atoms with Crippen LogP contribution in [0.4, 0.5) is 0 Å². The average Bonchev–Trinajstić information content (AvgIpc) is 2.27. The van der Waals surface area contributed by atoms with Gasteiger partial charge < -0.3 is 4.74 Å². The molecule has 98 valence electrons. The van der Waals surface area contributed by atoms with E-state index in [2.05, 4.69) is 45.3 Å². The van der Waals surface area contributed by atoms with Crippen molar-refractivity contribution in [2.24, 2.45) is 0 Å². The van der Waals surface area contributed by atoms with E-state index in [1.807, 2.05) is 31.2 Å². The molecule has 0 spiro atoms. The summed E-state index contributed by atoms with van der Waals surface area (Å²) in [6.07, 6.45) is 0. The second-order valence-corrected chi connectivity index (χ2v) is 11.1. The molecule has 0 bridgehead atoms. The van der Waals surface area contributed by atoms with Crippen molar-refractivity contribution in [3.63, 3.8) is 0 Å². The highest BCUT2D eigenvalue weighted by Crippen LogP contribution is 2.35. The average molecular weight is 260 g/mol. The summed E-state index contributed by atoms with van der Waals surface area (Å²) < 4.78 is 5.42. The summed E-state index contributed by atoms with van der Waals surface area (Å²) in [7, 11) is -1.51. The van der Waals surface area contributed by atoms with Crippen LogP contribution in [0, 0.1) is 11.5 Å². The Labute approximate surface area is 113 Å². The predicted octanol–water partition coefficient (Wildman–Crippen LogP) is 4.48. The Bertz CT molecular complexity index is 441. The zero-order valence-electron chi connectivity index (χ0n) is 12.4. The van der Waals surface area contributed by atoms with Crippen LogP contribution in [-0.4, -0.2) is 14.7 Å². The molecular formula is C16H24OSi. The van der Waals surface area contributed by atoms with Crippen LogP contribution < -0.4 is 4.74 Å². The van der Waals surface area contributed by atoms with E-state index in [-0.39, 0.29) is 0 Å². The normalized spacial score (nSPS) is 11.7. The van der Waals surface area contributed by atoms with Gasteiger partial charge in [-0.05, 0) is 36.2 Å². The Kier molecular flexibility index (Phi) is 4.64. The quantitative estimate of drug-likeness (QED) is 0.562. The lowest BCUT2D eigenvalue weighted by molar-refractivity contribution is 0.340. The predicted molar refractivity (Wildman–Crippen MR) is 81.7 cm³/mol. The molecule has 0 fully saturated rings. The minimum atomic E-state index is -1.51. The second kappa shape index (κ2) is 5.62. The summed E-state index contributed by atoms with van der Waals surface area (Å²) in [5, 5.41) is 0.311. The fourth-order valence-electron chi connectivity index (χ4n) is 1.22. The molecule has 2 heteroatoms. The van der Waals surface area contributed by atoms with E-state index >= 15 is 0 Å². The maximum atomic E-state index is 5.42. The summed E-state index contributed by atoms with van der Waals surface area (Å²) in [6, 6.07) is 8.04. The van der Waals surface area contributed by atoms with Crippen LogP contribution in [0.25, 0.3) is 0 Å². The van der Waals surface area contributed by atoms with Crippen LogP contribution in [0.3, 0.4) is 0 Å². The van der Waals surface area contributed by atoms with Gasteiger partial charge >= 0.3 is 0 Å². The number of rotatable bonds is 2. The monoisotopic (exact) mass is 260 g/mol. The van der Waals surface area contributed by atoms with Gasteiger partial charge in [0.15, 0.2) is 0 Å². The van der Waals surface area contributed by atoms with Gasteiger partial charge in [-0.2, -0.15) is 0 Å². The summed E-state index contributed by atoms with van der Waals surface area (Å²) in [5.41, 5.74) is 4.59. The first-order valence-electron chi connectivity index (χ1n) is 6.52. The summed E-state index contributed by atoms with van der Waals surface area (Å²) >= 11 is 0. The molecular weight excluding hydrogens is 236 g/mol. The van der Waals surface area contributed by atoms with Gasteiger partial charge in [-0.1, -0.05) is 39.8 Å². The molecule has 0 radical (unpaired) electrons. The third-order valence-corrected chi connectivity index (χ3v) is 8.06. The van der Waals surface area contributed by atoms with Crippen molar-refractivity contribution in [2.75, 3.05) is 6.61 Å². The van der Waals surface area contributed by atoms with E-state index < -0.39 is 8.07 Å². The highest BCUT2D eigenvalue weighted by Gasteiger charge is 2.33. The summed E-state index contributed by atoms with van der Waals surface area (Å²) in [4.78, 5) is 0. The molecule has 1 aromatic carbocycles. The molecule has 0 saturated carbocycles. The van der Waals surface area contributed by atoms with Gasteiger partial charge in [0.1, 0.15) is 13.8 Å². The van der Waals surface area contributed by atoms with Gasteiger partial charge in [-0.3, -0.25) is 0 Å². The second-order valence-electron chi connectivity index (χ2n) is 6.08. The Hall–Kier alpha value is -1.20. The third kappa shape index (κ3) is 3.92. The van der Waals surface area contributed by atoms with Crippen molar-refractivity contribution in [2.45, 2.75) is 45.8 Å². The van der Waals surface area contributed by atoms with Crippen LogP contribution in [0.15, 0.2) is 24.3 Å². The van der Waals surface area contributed by atoms with Gasteiger partial charge in [0.25, 0.3) is 0 Å². The molecule has 1 rings (SSSR count). The molecule has 0 aliphatic rings. The molecule has 1 aromatic rings. The van der Waals surface area contributed by atoms with Gasteiger partial charge in [0.2, 0.25) is 0 Å². The van der Waals surface area contributed by atoms with Crippen molar-refractivity contribution in [1.29, 1.82) is 0 Å². The number of hydrogen-bond acceptors (Lipinski definition) is 1. The lowest BCUT2D eigenvalue weighted by atomic mass is 10.2. The number of ether oxygens (including phenoxy) is 1. The van der Waals surface area contributed by atoms with Gasteiger partial charge in [-0.15, -0.1) is 5.54 Å². The van der Waals surface area contributed by atoms with Crippen molar-refractivity contribution in [1.82, 2.24) is 0 Å². The number of benzene rings is 1. The van der Waals surface area contributed by atoms with Crippen LogP contribution in [0.2, 0.25) is 18.1 Å². The Morgan fingerprint density at radius 1 is 1.11 bits per heavy atom. The fraction of sp³-hybridized carbons (Fsp3) is 0.500. The van der Waals surface area contributed by atoms with Gasteiger partial charge in [-0.25, -0.2) is 0 Å². The Morgan fingerprint density at radius 3 is 2.11 bits per heavy atom. The minimum absolute atomic E-state index is 0.311. The zero-order valence-corrected chi connectivity index (χ0v) is 13.4. The molecule has 0 aliphatic carbocycles. The Balaban J connectivity index is 2.86. The fourth-order valence-corrected chi connectivity index (χ4v) is 2.05. The maximum Gasteiger partial charge on any atom is 0.138 e. The molecule has 0 aromatic heterocycles. The summed E-state index contributed by atoms with van der Waals surface area (Å²) in [5.74, 6) is 4.23. The van der Waals surface area contributed by atoms with E-state index in [4.69, 9.17) is 4.74 Å². The standard InChI is InChI=1S/C16H24OSi/c1-7-17-15-10-8-14(9-11-15)12-13-18(5,6)16(2,3)4/h8-11H,7H2,1-6H3. The molecule has 0 atom stereocenters. The summed E-state index contributed by atoms with van der Waals surface area (Å²) in [6.45, 7) is 14.2. The van der Waals surface area contributed by atoms with Crippen LogP contribution in [0.1, 0.15) is 33.3 Å². The van der Waals surface area contributed by atoms with E-state index in [9.17, 15) is 0 Å². The SMILES string of the molecule is CCOc1ccc(C#C[Si](C)(C)C(C)(C)C)cc1. The first-order chi connectivity index (χ1) is 8.26. The van der Waals surface area contributed by atoms with Crippen molar-refractivity contribution in [3.05, 3.63) is 29.8 Å². The van der Waals surface area contributed by atoms with Crippen LogP contribution >= 0.6 is 0 Å². The molecule has 18 heavy (non-hydrogen) atoms. The number of hydrogen-bond donors (Lipinski definition) is 0. The van der Waals surface area contributed by atoms with Crippen molar-refractivity contribution in [3.8, 4) is 17.2 Å². The molecule has 0 unspecified atom stereocenters. The third-order valence-electron chi connectivity index (χ3n) is 3.56. The van der Waals surface area contributed by atoms with Crippen molar-refractivity contribution >= 4 is 8.07 Å². The van der Waals surface area contributed by atoms with Gasteiger partial charge in [0, 0.05) is 5.56 Å². The largest absolute Gasteiger partial charge is 0.494 e. The topological polar surface area (TPSA) is 9.23 Å². The zero-order chi connectivity index (χ0) is 13.8.